The number of nitrogens with zero attached hydrogens (tertiary/aromatic N) is 1. The van der Waals surface area contributed by atoms with E-state index in [0.29, 0.717) is 10.9 Å². The van der Waals surface area contributed by atoms with E-state index < -0.39 is 0 Å². The second-order valence-electron chi connectivity index (χ2n) is 3.97. The van der Waals surface area contributed by atoms with Gasteiger partial charge in [-0.2, -0.15) is 0 Å². The van der Waals surface area contributed by atoms with Crippen LogP contribution in [0, 0.1) is 5.92 Å². The standard InChI is InChI=1S/C12H15ClN2/c13-10-7-3-4-8-11(10)15-12(14)9-5-1-2-6-9/h3-4,7-9H,1-2,5-6H2,(H2,14,15). The Kier molecular flexibility index (Phi) is 3.27. The first-order valence-corrected chi connectivity index (χ1v) is 5.74. The molecule has 0 unspecified atom stereocenters. The molecule has 0 radical (unpaired) electrons. The molecule has 0 aromatic heterocycles. The van der Waals surface area contributed by atoms with Crippen LogP contribution in [0.2, 0.25) is 5.02 Å². The lowest BCUT2D eigenvalue weighted by Gasteiger charge is -2.08. The fourth-order valence-electron chi connectivity index (χ4n) is 1.99. The molecule has 1 aliphatic rings. The molecule has 0 bridgehead atoms. The zero-order valence-corrected chi connectivity index (χ0v) is 9.37. The summed E-state index contributed by atoms with van der Waals surface area (Å²) in [6, 6.07) is 7.55. The molecule has 0 heterocycles. The van der Waals surface area contributed by atoms with E-state index in [1.54, 1.807) is 0 Å². The molecule has 0 atom stereocenters. The van der Waals surface area contributed by atoms with Crippen LogP contribution in [0.3, 0.4) is 0 Å². The minimum absolute atomic E-state index is 0.460. The first kappa shape index (κ1) is 10.5. The first-order valence-electron chi connectivity index (χ1n) is 5.36. The second-order valence-corrected chi connectivity index (χ2v) is 4.38. The number of hydrogen-bond acceptors (Lipinski definition) is 1. The van der Waals surface area contributed by atoms with E-state index in [1.807, 2.05) is 24.3 Å². The highest BCUT2D eigenvalue weighted by Crippen LogP contribution is 2.28. The van der Waals surface area contributed by atoms with E-state index in [2.05, 4.69) is 4.99 Å². The Bertz CT molecular complexity index is 368. The molecule has 2 nitrogen and oxygen atoms in total. The van der Waals surface area contributed by atoms with Gasteiger partial charge < -0.3 is 5.73 Å². The lowest BCUT2D eigenvalue weighted by atomic mass is 10.1. The van der Waals surface area contributed by atoms with Crippen molar-refractivity contribution in [3.05, 3.63) is 29.3 Å². The number of amidine groups is 1. The molecule has 0 spiro atoms. The lowest BCUT2D eigenvalue weighted by Crippen LogP contribution is -2.20. The van der Waals surface area contributed by atoms with Crippen LogP contribution in [-0.2, 0) is 0 Å². The molecule has 15 heavy (non-hydrogen) atoms. The van der Waals surface area contributed by atoms with Gasteiger partial charge in [-0.05, 0) is 25.0 Å². The SMILES string of the molecule is NC(=Nc1ccccc1Cl)C1CCCC1. The highest BCUT2D eigenvalue weighted by Gasteiger charge is 2.18. The topological polar surface area (TPSA) is 38.4 Å². The van der Waals surface area contributed by atoms with Crippen LogP contribution in [0.25, 0.3) is 0 Å². The molecule has 2 rings (SSSR count). The first-order chi connectivity index (χ1) is 7.27. The van der Waals surface area contributed by atoms with Crippen LogP contribution in [0.5, 0.6) is 0 Å². The van der Waals surface area contributed by atoms with Crippen LogP contribution < -0.4 is 5.73 Å². The maximum Gasteiger partial charge on any atom is 0.103 e. The zero-order chi connectivity index (χ0) is 10.7. The number of aliphatic imine (C=N–C) groups is 1. The fourth-order valence-corrected chi connectivity index (χ4v) is 2.17. The van der Waals surface area contributed by atoms with Crippen LogP contribution in [0.1, 0.15) is 25.7 Å². The summed E-state index contributed by atoms with van der Waals surface area (Å²) >= 11 is 6.01. The maximum atomic E-state index is 6.01. The van der Waals surface area contributed by atoms with E-state index in [9.17, 15) is 0 Å². The predicted octanol–water partition coefficient (Wildman–Crippen LogP) is 3.52. The number of rotatable bonds is 2. The molecule has 1 aromatic rings. The Balaban J connectivity index is 2.18. The Hall–Kier alpha value is -1.02. The largest absolute Gasteiger partial charge is 0.387 e. The lowest BCUT2D eigenvalue weighted by molar-refractivity contribution is 0.722. The zero-order valence-electron chi connectivity index (χ0n) is 8.62. The summed E-state index contributed by atoms with van der Waals surface area (Å²) in [4.78, 5) is 4.40. The van der Waals surface area contributed by atoms with E-state index >= 15 is 0 Å². The van der Waals surface area contributed by atoms with E-state index in [0.717, 1.165) is 11.5 Å². The van der Waals surface area contributed by atoms with Gasteiger partial charge in [0.1, 0.15) is 5.84 Å². The molecule has 80 valence electrons. The summed E-state index contributed by atoms with van der Waals surface area (Å²) < 4.78 is 0. The van der Waals surface area contributed by atoms with Gasteiger partial charge in [0.2, 0.25) is 0 Å². The van der Waals surface area contributed by atoms with E-state index in [-0.39, 0.29) is 0 Å². The summed E-state index contributed by atoms with van der Waals surface area (Å²) in [7, 11) is 0. The highest BCUT2D eigenvalue weighted by molar-refractivity contribution is 6.33. The third-order valence-electron chi connectivity index (χ3n) is 2.88. The van der Waals surface area contributed by atoms with Crippen LogP contribution in [0.15, 0.2) is 29.3 Å². The van der Waals surface area contributed by atoms with Gasteiger partial charge in [-0.25, -0.2) is 4.99 Å². The number of hydrogen-bond donors (Lipinski definition) is 1. The van der Waals surface area contributed by atoms with Crippen molar-refractivity contribution in [1.82, 2.24) is 0 Å². The van der Waals surface area contributed by atoms with Crippen molar-refractivity contribution in [1.29, 1.82) is 0 Å². The van der Waals surface area contributed by atoms with Crippen molar-refractivity contribution in [3.8, 4) is 0 Å². The van der Waals surface area contributed by atoms with Gasteiger partial charge in [-0.3, -0.25) is 0 Å². The van der Waals surface area contributed by atoms with Gasteiger partial charge >= 0.3 is 0 Å². The monoisotopic (exact) mass is 222 g/mol. The number of benzene rings is 1. The van der Waals surface area contributed by atoms with Crippen molar-refractivity contribution in [2.24, 2.45) is 16.6 Å². The molecule has 2 N–H and O–H groups in total. The smallest absolute Gasteiger partial charge is 0.103 e. The average Bonchev–Trinajstić information content (AvgIpc) is 2.74. The third kappa shape index (κ3) is 2.51. The molecule has 1 fully saturated rings. The minimum Gasteiger partial charge on any atom is -0.387 e. The third-order valence-corrected chi connectivity index (χ3v) is 3.20. The van der Waals surface area contributed by atoms with Gasteiger partial charge in [-0.1, -0.05) is 36.6 Å². The Morgan fingerprint density at radius 2 is 1.93 bits per heavy atom. The van der Waals surface area contributed by atoms with Crippen molar-refractivity contribution >= 4 is 23.1 Å². The predicted molar refractivity (Wildman–Crippen MR) is 64.7 cm³/mol. The molecule has 0 saturated heterocycles. The second kappa shape index (κ2) is 4.67. The molecular formula is C12H15ClN2. The minimum atomic E-state index is 0.460. The Labute approximate surface area is 95.2 Å². The number of para-hydroxylation sites is 1. The van der Waals surface area contributed by atoms with Crippen LogP contribution in [-0.4, -0.2) is 5.84 Å². The van der Waals surface area contributed by atoms with Crippen molar-refractivity contribution in [2.45, 2.75) is 25.7 Å². The maximum absolute atomic E-state index is 6.01. The Morgan fingerprint density at radius 1 is 1.27 bits per heavy atom. The summed E-state index contributed by atoms with van der Waals surface area (Å²) in [5, 5.41) is 0.665. The summed E-state index contributed by atoms with van der Waals surface area (Å²) in [5.41, 5.74) is 6.75. The molecule has 1 saturated carbocycles. The average molecular weight is 223 g/mol. The molecule has 3 heteroatoms. The highest BCUT2D eigenvalue weighted by atomic mass is 35.5. The van der Waals surface area contributed by atoms with Crippen LogP contribution in [0.4, 0.5) is 5.69 Å². The summed E-state index contributed by atoms with van der Waals surface area (Å²) in [6.45, 7) is 0. The van der Waals surface area contributed by atoms with Crippen LogP contribution >= 0.6 is 11.6 Å². The van der Waals surface area contributed by atoms with E-state index in [1.165, 1.54) is 25.7 Å². The van der Waals surface area contributed by atoms with E-state index in [4.69, 9.17) is 17.3 Å². The summed E-state index contributed by atoms with van der Waals surface area (Å²) in [5.74, 6) is 1.20. The molecular weight excluding hydrogens is 208 g/mol. The number of halogens is 1. The number of nitrogens with two attached hydrogens (primary N) is 1. The normalized spacial score (nSPS) is 18.3. The molecule has 0 amide bonds. The van der Waals surface area contributed by atoms with Crippen molar-refractivity contribution in [2.75, 3.05) is 0 Å². The summed E-state index contributed by atoms with van der Waals surface area (Å²) in [6.07, 6.45) is 4.87. The van der Waals surface area contributed by atoms with Crippen molar-refractivity contribution < 1.29 is 0 Å². The van der Waals surface area contributed by atoms with Gasteiger partial charge in [0.15, 0.2) is 0 Å². The molecule has 0 aliphatic heterocycles. The molecule has 1 aliphatic carbocycles. The van der Waals surface area contributed by atoms with Gasteiger partial charge in [0.25, 0.3) is 0 Å². The van der Waals surface area contributed by atoms with Crippen molar-refractivity contribution in [3.63, 3.8) is 0 Å². The van der Waals surface area contributed by atoms with Gasteiger partial charge in [-0.15, -0.1) is 0 Å². The quantitative estimate of drug-likeness (QED) is 0.604. The Morgan fingerprint density at radius 3 is 2.60 bits per heavy atom. The van der Waals surface area contributed by atoms with Gasteiger partial charge in [0.05, 0.1) is 10.7 Å². The fraction of sp³-hybridized carbons (Fsp3) is 0.417. The molecule has 1 aromatic carbocycles. The van der Waals surface area contributed by atoms with Gasteiger partial charge in [0, 0.05) is 5.92 Å².